The fourth-order valence-electron chi connectivity index (χ4n) is 1.39. The van der Waals surface area contributed by atoms with Gasteiger partial charge < -0.3 is 5.73 Å². The van der Waals surface area contributed by atoms with Crippen molar-refractivity contribution in [3.05, 3.63) is 18.0 Å². The molecule has 0 unspecified atom stereocenters. The first-order valence-corrected chi connectivity index (χ1v) is 5.36. The molecule has 1 rings (SSSR count). The highest BCUT2D eigenvalue weighted by atomic mass is 15.3. The Hall–Kier alpha value is -0.830. The summed E-state index contributed by atoms with van der Waals surface area (Å²) in [5, 5.41) is 4.48. The van der Waals surface area contributed by atoms with E-state index >= 15 is 0 Å². The van der Waals surface area contributed by atoms with Crippen LogP contribution in [-0.2, 0) is 13.0 Å². The Bertz CT molecular complexity index is 263. The molecule has 80 valence electrons. The summed E-state index contributed by atoms with van der Waals surface area (Å²) in [6.07, 6.45) is 4.05. The van der Waals surface area contributed by atoms with Gasteiger partial charge >= 0.3 is 0 Å². The molecule has 0 saturated carbocycles. The van der Waals surface area contributed by atoms with Gasteiger partial charge in [-0.15, -0.1) is 0 Å². The van der Waals surface area contributed by atoms with E-state index in [9.17, 15) is 0 Å². The first-order chi connectivity index (χ1) is 6.58. The zero-order chi connectivity index (χ0) is 10.6. The van der Waals surface area contributed by atoms with Gasteiger partial charge in [0.25, 0.3) is 0 Å². The molecule has 0 aliphatic heterocycles. The number of aryl methyl sites for hydroxylation is 1. The average molecular weight is 195 g/mol. The minimum absolute atomic E-state index is 0.269. The molecule has 0 bridgehead atoms. The van der Waals surface area contributed by atoms with Gasteiger partial charge in [0.2, 0.25) is 0 Å². The summed E-state index contributed by atoms with van der Waals surface area (Å²) in [5.41, 5.74) is 6.85. The van der Waals surface area contributed by atoms with Crippen LogP contribution in [-0.4, -0.2) is 15.8 Å². The third-order valence-corrected chi connectivity index (χ3v) is 2.10. The first-order valence-electron chi connectivity index (χ1n) is 5.36. The van der Waals surface area contributed by atoms with Crippen molar-refractivity contribution in [3.63, 3.8) is 0 Å². The molecule has 0 fully saturated rings. The van der Waals surface area contributed by atoms with Gasteiger partial charge in [0.15, 0.2) is 0 Å². The van der Waals surface area contributed by atoms with Gasteiger partial charge in [0.05, 0.1) is 5.69 Å². The van der Waals surface area contributed by atoms with Crippen LogP contribution >= 0.6 is 0 Å². The maximum Gasteiger partial charge on any atom is 0.0625 e. The molecule has 1 atom stereocenters. The summed E-state index contributed by atoms with van der Waals surface area (Å²) in [5.74, 6) is 0.649. The van der Waals surface area contributed by atoms with Gasteiger partial charge in [0, 0.05) is 18.8 Å². The highest BCUT2D eigenvalue weighted by molar-refractivity contribution is 4.99. The summed E-state index contributed by atoms with van der Waals surface area (Å²) in [6.45, 7) is 7.43. The monoisotopic (exact) mass is 195 g/mol. The molecule has 1 aromatic rings. The quantitative estimate of drug-likeness (QED) is 0.779. The Kier molecular flexibility index (Phi) is 4.14. The van der Waals surface area contributed by atoms with E-state index in [1.165, 1.54) is 0 Å². The zero-order valence-corrected chi connectivity index (χ0v) is 9.40. The number of rotatable bonds is 5. The lowest BCUT2D eigenvalue weighted by Crippen LogP contribution is -2.15. The number of nitrogens with zero attached hydrogens (tertiary/aromatic N) is 2. The highest BCUT2D eigenvalue weighted by Crippen LogP contribution is 2.04. The predicted octanol–water partition coefficient (Wildman–Crippen LogP) is 1.82. The molecule has 0 radical (unpaired) electrons. The molecule has 1 aromatic heterocycles. The number of nitrogens with two attached hydrogens (primary N) is 1. The number of hydrogen-bond donors (Lipinski definition) is 1. The third kappa shape index (κ3) is 3.92. The molecule has 0 saturated heterocycles. The van der Waals surface area contributed by atoms with E-state index < -0.39 is 0 Å². The molecule has 0 amide bonds. The van der Waals surface area contributed by atoms with Crippen LogP contribution in [0.2, 0.25) is 0 Å². The Morgan fingerprint density at radius 2 is 2.14 bits per heavy atom. The van der Waals surface area contributed by atoms with Crippen molar-refractivity contribution >= 4 is 0 Å². The van der Waals surface area contributed by atoms with Crippen LogP contribution in [0.5, 0.6) is 0 Å². The second-order valence-corrected chi connectivity index (χ2v) is 4.44. The van der Waals surface area contributed by atoms with Gasteiger partial charge in [-0.3, -0.25) is 4.68 Å². The van der Waals surface area contributed by atoms with Crippen molar-refractivity contribution in [3.8, 4) is 0 Å². The molecule has 14 heavy (non-hydrogen) atoms. The van der Waals surface area contributed by atoms with Crippen molar-refractivity contribution in [2.45, 2.75) is 46.2 Å². The second kappa shape index (κ2) is 5.15. The largest absolute Gasteiger partial charge is 0.328 e. The van der Waals surface area contributed by atoms with Crippen molar-refractivity contribution in [2.24, 2.45) is 11.7 Å². The molecule has 0 aromatic carbocycles. The first kappa shape index (κ1) is 11.2. The van der Waals surface area contributed by atoms with E-state index in [0.29, 0.717) is 5.92 Å². The van der Waals surface area contributed by atoms with Crippen molar-refractivity contribution in [2.75, 3.05) is 0 Å². The van der Waals surface area contributed by atoms with Crippen LogP contribution in [0.3, 0.4) is 0 Å². The molecule has 0 aliphatic carbocycles. The molecule has 0 aliphatic rings. The van der Waals surface area contributed by atoms with E-state index in [4.69, 9.17) is 5.73 Å². The van der Waals surface area contributed by atoms with Gasteiger partial charge in [-0.05, 0) is 31.7 Å². The molecular weight excluding hydrogens is 174 g/mol. The SMILES string of the molecule is CC(C)Cn1ccc(CC[C@H](C)N)n1. The average Bonchev–Trinajstić information content (AvgIpc) is 2.47. The van der Waals surface area contributed by atoms with E-state index in [0.717, 1.165) is 25.1 Å². The smallest absolute Gasteiger partial charge is 0.0625 e. The number of hydrogen-bond acceptors (Lipinski definition) is 2. The zero-order valence-electron chi connectivity index (χ0n) is 9.40. The lowest BCUT2D eigenvalue weighted by molar-refractivity contribution is 0.478. The summed E-state index contributed by atoms with van der Waals surface area (Å²) >= 11 is 0. The lowest BCUT2D eigenvalue weighted by Gasteiger charge is -2.04. The topological polar surface area (TPSA) is 43.8 Å². The summed E-state index contributed by atoms with van der Waals surface area (Å²) in [6, 6.07) is 2.36. The fraction of sp³-hybridized carbons (Fsp3) is 0.727. The van der Waals surface area contributed by atoms with Crippen molar-refractivity contribution in [1.82, 2.24) is 9.78 Å². The Balaban J connectivity index is 2.42. The standard InChI is InChI=1S/C11H21N3/c1-9(2)8-14-7-6-11(13-14)5-4-10(3)12/h6-7,9-10H,4-5,8,12H2,1-3H3/t10-/m0/s1. The van der Waals surface area contributed by atoms with Crippen molar-refractivity contribution < 1.29 is 0 Å². The summed E-state index contributed by atoms with van der Waals surface area (Å²) in [7, 11) is 0. The van der Waals surface area contributed by atoms with E-state index in [1.54, 1.807) is 0 Å². The van der Waals surface area contributed by atoms with Crippen LogP contribution in [0.15, 0.2) is 12.3 Å². The van der Waals surface area contributed by atoms with Crippen LogP contribution in [0, 0.1) is 5.92 Å². The Morgan fingerprint density at radius 1 is 1.43 bits per heavy atom. The normalized spacial score (nSPS) is 13.5. The molecule has 1 heterocycles. The molecule has 0 spiro atoms. The summed E-state index contributed by atoms with van der Waals surface area (Å²) < 4.78 is 2.02. The Morgan fingerprint density at radius 3 is 2.71 bits per heavy atom. The number of aromatic nitrogens is 2. The molecule has 3 heteroatoms. The van der Waals surface area contributed by atoms with Gasteiger partial charge in [-0.25, -0.2) is 0 Å². The lowest BCUT2D eigenvalue weighted by atomic mass is 10.1. The second-order valence-electron chi connectivity index (χ2n) is 4.44. The highest BCUT2D eigenvalue weighted by Gasteiger charge is 2.02. The van der Waals surface area contributed by atoms with Crippen LogP contribution in [0.25, 0.3) is 0 Å². The fourth-order valence-corrected chi connectivity index (χ4v) is 1.39. The van der Waals surface area contributed by atoms with Crippen LogP contribution in [0.4, 0.5) is 0 Å². The van der Waals surface area contributed by atoms with E-state index in [-0.39, 0.29) is 6.04 Å². The van der Waals surface area contributed by atoms with E-state index in [1.807, 2.05) is 11.6 Å². The Labute approximate surface area is 86.3 Å². The van der Waals surface area contributed by atoms with Gasteiger partial charge in [-0.2, -0.15) is 5.10 Å². The molecular formula is C11H21N3. The minimum Gasteiger partial charge on any atom is -0.328 e. The maximum atomic E-state index is 5.69. The van der Waals surface area contributed by atoms with E-state index in [2.05, 4.69) is 31.2 Å². The van der Waals surface area contributed by atoms with Gasteiger partial charge in [0.1, 0.15) is 0 Å². The van der Waals surface area contributed by atoms with Crippen LogP contribution < -0.4 is 5.73 Å². The predicted molar refractivity (Wildman–Crippen MR) is 59.0 cm³/mol. The summed E-state index contributed by atoms with van der Waals surface area (Å²) in [4.78, 5) is 0. The van der Waals surface area contributed by atoms with Gasteiger partial charge in [-0.1, -0.05) is 13.8 Å². The minimum atomic E-state index is 0.269. The maximum absolute atomic E-state index is 5.69. The molecule has 3 nitrogen and oxygen atoms in total. The van der Waals surface area contributed by atoms with Crippen molar-refractivity contribution in [1.29, 1.82) is 0 Å². The molecule has 2 N–H and O–H groups in total. The van der Waals surface area contributed by atoms with Crippen LogP contribution in [0.1, 0.15) is 32.9 Å². The third-order valence-electron chi connectivity index (χ3n) is 2.10.